The van der Waals surface area contributed by atoms with Gasteiger partial charge in [-0.05, 0) is 50.8 Å². The van der Waals surface area contributed by atoms with Crippen molar-refractivity contribution < 1.29 is 9.53 Å². The van der Waals surface area contributed by atoms with Crippen LogP contribution in [0.3, 0.4) is 0 Å². The number of nitrogens with zero attached hydrogens (tertiary/aromatic N) is 1. The van der Waals surface area contributed by atoms with Crippen molar-refractivity contribution in [2.45, 2.75) is 57.4 Å². The molecule has 3 nitrogen and oxygen atoms in total. The Kier molecular flexibility index (Phi) is 5.71. The summed E-state index contributed by atoms with van der Waals surface area (Å²) < 4.78 is 5.77. The van der Waals surface area contributed by atoms with E-state index in [1.54, 1.807) is 0 Å². The van der Waals surface area contributed by atoms with E-state index < -0.39 is 0 Å². The summed E-state index contributed by atoms with van der Waals surface area (Å²) >= 11 is 0. The molecule has 126 valence electrons. The molecule has 23 heavy (non-hydrogen) atoms. The fourth-order valence-corrected chi connectivity index (χ4v) is 4.29. The van der Waals surface area contributed by atoms with Crippen LogP contribution in [0.5, 0.6) is 0 Å². The van der Waals surface area contributed by atoms with Crippen LogP contribution >= 0.6 is 0 Å². The van der Waals surface area contributed by atoms with Crippen LogP contribution in [-0.2, 0) is 9.53 Å². The van der Waals surface area contributed by atoms with Gasteiger partial charge < -0.3 is 4.74 Å². The standard InChI is InChI=1S/C20H29NO2/c1-2-18(16-9-4-3-5-10-16)20(22)23-15-17-11-8-14-21-13-7-6-12-19(17)21/h3-5,9-10,17-19H,2,6-8,11-15H2,1H3/t17-,18?,19+/m0/s1. The van der Waals surface area contributed by atoms with Crippen LogP contribution < -0.4 is 0 Å². The molecule has 1 aromatic carbocycles. The largest absolute Gasteiger partial charge is 0.465 e. The highest BCUT2D eigenvalue weighted by molar-refractivity contribution is 5.78. The molecule has 0 spiro atoms. The van der Waals surface area contributed by atoms with E-state index in [1.165, 1.54) is 45.2 Å². The number of hydrogen-bond donors (Lipinski definition) is 0. The molecule has 2 aliphatic heterocycles. The summed E-state index contributed by atoms with van der Waals surface area (Å²) in [6.45, 7) is 5.12. The maximum atomic E-state index is 12.5. The lowest BCUT2D eigenvalue weighted by Gasteiger charge is -2.44. The van der Waals surface area contributed by atoms with E-state index in [-0.39, 0.29) is 11.9 Å². The summed E-state index contributed by atoms with van der Waals surface area (Å²) in [7, 11) is 0. The molecule has 0 aromatic heterocycles. The minimum atomic E-state index is -0.123. The number of esters is 1. The van der Waals surface area contributed by atoms with E-state index in [0.29, 0.717) is 18.6 Å². The van der Waals surface area contributed by atoms with Gasteiger partial charge in [-0.25, -0.2) is 0 Å². The summed E-state index contributed by atoms with van der Waals surface area (Å²) in [6, 6.07) is 10.7. The van der Waals surface area contributed by atoms with E-state index in [9.17, 15) is 4.79 Å². The van der Waals surface area contributed by atoms with E-state index >= 15 is 0 Å². The molecule has 1 unspecified atom stereocenters. The van der Waals surface area contributed by atoms with Crippen molar-refractivity contribution in [3.63, 3.8) is 0 Å². The molecule has 0 aliphatic carbocycles. The molecule has 2 saturated heterocycles. The molecule has 3 rings (SSSR count). The molecule has 1 aromatic rings. The third-order valence-electron chi connectivity index (χ3n) is 5.56. The van der Waals surface area contributed by atoms with Crippen molar-refractivity contribution in [1.82, 2.24) is 4.90 Å². The van der Waals surface area contributed by atoms with Gasteiger partial charge in [-0.2, -0.15) is 0 Å². The van der Waals surface area contributed by atoms with Crippen LogP contribution in [0.4, 0.5) is 0 Å². The lowest BCUT2D eigenvalue weighted by atomic mass is 9.84. The first kappa shape index (κ1) is 16.5. The molecule has 0 radical (unpaired) electrons. The number of hydrogen-bond acceptors (Lipinski definition) is 3. The van der Waals surface area contributed by atoms with Gasteiger partial charge in [0, 0.05) is 12.0 Å². The Morgan fingerprint density at radius 2 is 1.96 bits per heavy atom. The predicted octanol–water partition coefficient (Wildman–Crippen LogP) is 3.99. The van der Waals surface area contributed by atoms with Crippen molar-refractivity contribution in [2.75, 3.05) is 19.7 Å². The maximum Gasteiger partial charge on any atom is 0.313 e. The summed E-state index contributed by atoms with van der Waals surface area (Å²) in [4.78, 5) is 15.2. The fourth-order valence-electron chi connectivity index (χ4n) is 4.29. The Bertz CT molecular complexity index is 500. The Balaban J connectivity index is 1.57. The third-order valence-corrected chi connectivity index (χ3v) is 5.56. The van der Waals surface area contributed by atoms with Crippen LogP contribution in [0.15, 0.2) is 30.3 Å². The molecule has 2 fully saturated rings. The average molecular weight is 315 g/mol. The minimum Gasteiger partial charge on any atom is -0.465 e. The summed E-state index contributed by atoms with van der Waals surface area (Å²) in [5.74, 6) is 0.357. The van der Waals surface area contributed by atoms with Gasteiger partial charge >= 0.3 is 5.97 Å². The lowest BCUT2D eigenvalue weighted by molar-refractivity contribution is -0.148. The van der Waals surface area contributed by atoms with Crippen LogP contribution in [0.2, 0.25) is 0 Å². The Morgan fingerprint density at radius 3 is 2.74 bits per heavy atom. The average Bonchev–Trinajstić information content (AvgIpc) is 2.61. The zero-order chi connectivity index (χ0) is 16.1. The first-order chi connectivity index (χ1) is 11.3. The Hall–Kier alpha value is -1.35. The second-order valence-corrected chi connectivity index (χ2v) is 7.00. The number of ether oxygens (including phenoxy) is 1. The highest BCUT2D eigenvalue weighted by Gasteiger charge is 2.34. The molecule has 0 amide bonds. The molecular weight excluding hydrogens is 286 g/mol. The van der Waals surface area contributed by atoms with Crippen molar-refractivity contribution in [3.05, 3.63) is 35.9 Å². The zero-order valence-electron chi connectivity index (χ0n) is 14.2. The maximum absolute atomic E-state index is 12.5. The summed E-state index contributed by atoms with van der Waals surface area (Å²) in [5, 5.41) is 0. The second kappa shape index (κ2) is 7.96. The highest BCUT2D eigenvalue weighted by Crippen LogP contribution is 2.31. The van der Waals surface area contributed by atoms with E-state index in [4.69, 9.17) is 4.74 Å². The van der Waals surface area contributed by atoms with E-state index in [1.807, 2.05) is 30.3 Å². The molecule has 0 saturated carbocycles. The van der Waals surface area contributed by atoms with Gasteiger partial charge in [0.05, 0.1) is 12.5 Å². The quantitative estimate of drug-likeness (QED) is 0.770. The second-order valence-electron chi connectivity index (χ2n) is 7.00. The van der Waals surface area contributed by atoms with E-state index in [0.717, 1.165) is 12.0 Å². The van der Waals surface area contributed by atoms with Gasteiger partial charge in [0.2, 0.25) is 0 Å². The smallest absolute Gasteiger partial charge is 0.313 e. The molecule has 2 heterocycles. The number of carbonyl (C=O) groups excluding carboxylic acids is 1. The Morgan fingerprint density at radius 1 is 1.17 bits per heavy atom. The predicted molar refractivity (Wildman–Crippen MR) is 92.4 cm³/mol. The summed E-state index contributed by atoms with van der Waals surface area (Å²) in [5.41, 5.74) is 1.07. The molecule has 2 aliphatic rings. The number of rotatable bonds is 5. The highest BCUT2D eigenvalue weighted by atomic mass is 16.5. The summed E-state index contributed by atoms with van der Waals surface area (Å²) in [6.07, 6.45) is 7.18. The molecular formula is C20H29NO2. The molecule has 0 bridgehead atoms. The molecule has 3 heteroatoms. The Labute approximate surface area is 140 Å². The zero-order valence-corrected chi connectivity index (χ0v) is 14.2. The van der Waals surface area contributed by atoms with Gasteiger partial charge in [-0.15, -0.1) is 0 Å². The lowest BCUT2D eigenvalue weighted by Crippen LogP contribution is -2.49. The number of piperidine rings is 2. The fraction of sp³-hybridized carbons (Fsp3) is 0.650. The third kappa shape index (κ3) is 3.95. The first-order valence-corrected chi connectivity index (χ1v) is 9.25. The number of fused-ring (bicyclic) bond motifs is 1. The SMILES string of the molecule is CCC(C(=O)OC[C@@H]1CCCN2CCCC[C@H]12)c1ccccc1. The van der Waals surface area contributed by atoms with Crippen molar-refractivity contribution in [2.24, 2.45) is 5.92 Å². The van der Waals surface area contributed by atoms with Crippen molar-refractivity contribution in [1.29, 1.82) is 0 Å². The molecule has 3 atom stereocenters. The van der Waals surface area contributed by atoms with Gasteiger partial charge in [0.1, 0.15) is 0 Å². The van der Waals surface area contributed by atoms with E-state index in [2.05, 4.69) is 11.8 Å². The van der Waals surface area contributed by atoms with Gasteiger partial charge in [0.15, 0.2) is 0 Å². The molecule has 0 N–H and O–H groups in total. The van der Waals surface area contributed by atoms with Gasteiger partial charge in [0.25, 0.3) is 0 Å². The van der Waals surface area contributed by atoms with Crippen molar-refractivity contribution in [3.8, 4) is 0 Å². The monoisotopic (exact) mass is 315 g/mol. The normalized spacial score (nSPS) is 26.3. The first-order valence-electron chi connectivity index (χ1n) is 9.25. The number of carbonyl (C=O) groups is 1. The van der Waals surface area contributed by atoms with Crippen LogP contribution in [0.25, 0.3) is 0 Å². The van der Waals surface area contributed by atoms with Crippen LogP contribution in [-0.4, -0.2) is 36.6 Å². The van der Waals surface area contributed by atoms with Crippen LogP contribution in [0.1, 0.15) is 56.9 Å². The van der Waals surface area contributed by atoms with Crippen LogP contribution in [0, 0.1) is 5.92 Å². The minimum absolute atomic E-state index is 0.0494. The number of benzene rings is 1. The van der Waals surface area contributed by atoms with Crippen molar-refractivity contribution >= 4 is 5.97 Å². The van der Waals surface area contributed by atoms with Gasteiger partial charge in [-0.1, -0.05) is 43.7 Å². The van der Waals surface area contributed by atoms with Gasteiger partial charge in [-0.3, -0.25) is 9.69 Å². The topological polar surface area (TPSA) is 29.5 Å².